The van der Waals surface area contributed by atoms with Crippen molar-refractivity contribution in [1.82, 2.24) is 9.55 Å². The van der Waals surface area contributed by atoms with Gasteiger partial charge in [0.2, 0.25) is 0 Å². The summed E-state index contributed by atoms with van der Waals surface area (Å²) in [6, 6.07) is 13.0. The van der Waals surface area contributed by atoms with E-state index in [2.05, 4.69) is 4.98 Å². The monoisotopic (exact) mass is 256 g/mol. The van der Waals surface area contributed by atoms with Gasteiger partial charge >= 0.3 is 0 Å². The van der Waals surface area contributed by atoms with Crippen LogP contribution in [0.2, 0.25) is 0 Å². The van der Waals surface area contributed by atoms with Gasteiger partial charge in [-0.3, -0.25) is 0 Å². The van der Waals surface area contributed by atoms with Crippen LogP contribution in [0.1, 0.15) is 5.56 Å². The van der Waals surface area contributed by atoms with E-state index in [1.165, 1.54) is 7.11 Å². The molecule has 0 saturated heterocycles. The Morgan fingerprint density at radius 2 is 2.00 bits per heavy atom. The van der Waals surface area contributed by atoms with Gasteiger partial charge in [0.15, 0.2) is 11.6 Å². The average Bonchev–Trinajstić information content (AvgIpc) is 2.85. The van der Waals surface area contributed by atoms with Gasteiger partial charge in [-0.2, -0.15) is 0 Å². The van der Waals surface area contributed by atoms with E-state index in [0.29, 0.717) is 12.1 Å². The van der Waals surface area contributed by atoms with E-state index in [1.807, 2.05) is 28.8 Å². The van der Waals surface area contributed by atoms with Crippen LogP contribution >= 0.6 is 0 Å². The smallest absolute Gasteiger partial charge is 0.170 e. The van der Waals surface area contributed by atoms with Crippen molar-refractivity contribution in [2.45, 2.75) is 6.54 Å². The Labute approximate surface area is 110 Å². The van der Waals surface area contributed by atoms with Crippen molar-refractivity contribution >= 4 is 11.0 Å². The molecule has 0 fully saturated rings. The summed E-state index contributed by atoms with van der Waals surface area (Å²) >= 11 is 0. The molecule has 0 saturated carbocycles. The first kappa shape index (κ1) is 11.7. The molecule has 0 aliphatic carbocycles. The quantitative estimate of drug-likeness (QED) is 0.719. The van der Waals surface area contributed by atoms with Gasteiger partial charge in [0, 0.05) is 5.56 Å². The van der Waals surface area contributed by atoms with Crippen LogP contribution in [0.5, 0.6) is 5.75 Å². The molecule has 0 spiro atoms. The van der Waals surface area contributed by atoms with E-state index in [4.69, 9.17) is 4.74 Å². The third-order valence-electron chi connectivity index (χ3n) is 3.13. The fraction of sp³-hybridized carbons (Fsp3) is 0.133. The highest BCUT2D eigenvalue weighted by molar-refractivity contribution is 5.75. The van der Waals surface area contributed by atoms with Gasteiger partial charge < -0.3 is 9.30 Å². The molecule has 0 N–H and O–H groups in total. The third-order valence-corrected chi connectivity index (χ3v) is 3.13. The van der Waals surface area contributed by atoms with Gasteiger partial charge in [0.25, 0.3) is 0 Å². The average molecular weight is 256 g/mol. The molecule has 96 valence electrons. The highest BCUT2D eigenvalue weighted by Crippen LogP contribution is 2.22. The van der Waals surface area contributed by atoms with Crippen LogP contribution in [0, 0.1) is 5.82 Å². The first-order valence-electron chi connectivity index (χ1n) is 6.01. The molecule has 1 aromatic heterocycles. The number of fused-ring (bicyclic) bond motifs is 1. The Bertz CT molecular complexity index is 721. The molecule has 3 rings (SSSR count). The molecule has 0 aliphatic heterocycles. The van der Waals surface area contributed by atoms with Crippen molar-refractivity contribution in [2.75, 3.05) is 7.11 Å². The molecule has 4 heteroatoms. The number of methoxy groups -OCH3 is 1. The molecule has 3 aromatic rings. The molecule has 0 amide bonds. The number of hydrogen-bond donors (Lipinski definition) is 0. The minimum atomic E-state index is -0.317. The second-order valence-corrected chi connectivity index (χ2v) is 4.29. The van der Waals surface area contributed by atoms with Crippen LogP contribution < -0.4 is 4.74 Å². The van der Waals surface area contributed by atoms with Crippen LogP contribution in [0.4, 0.5) is 4.39 Å². The Kier molecular flexibility index (Phi) is 2.91. The zero-order valence-corrected chi connectivity index (χ0v) is 10.5. The lowest BCUT2D eigenvalue weighted by atomic mass is 10.2. The minimum absolute atomic E-state index is 0.266. The maximum atomic E-state index is 14.1. The minimum Gasteiger partial charge on any atom is -0.494 e. The molecule has 0 aliphatic rings. The second-order valence-electron chi connectivity index (χ2n) is 4.29. The topological polar surface area (TPSA) is 27.1 Å². The van der Waals surface area contributed by atoms with Crippen molar-refractivity contribution in [3.63, 3.8) is 0 Å². The van der Waals surface area contributed by atoms with E-state index in [9.17, 15) is 4.39 Å². The Morgan fingerprint density at radius 1 is 1.16 bits per heavy atom. The standard InChI is InChI=1S/C15H13FN2O/c1-19-14-8-4-5-11(15(14)16)9-18-10-17-12-6-2-3-7-13(12)18/h2-8,10H,9H2,1H3. The molecular formula is C15H13FN2O. The summed E-state index contributed by atoms with van der Waals surface area (Å²) in [6.07, 6.45) is 1.73. The summed E-state index contributed by atoms with van der Waals surface area (Å²) in [6.45, 7) is 0.434. The lowest BCUT2D eigenvalue weighted by molar-refractivity contribution is 0.383. The first-order chi connectivity index (χ1) is 9.29. The Morgan fingerprint density at radius 3 is 2.84 bits per heavy atom. The summed E-state index contributed by atoms with van der Waals surface area (Å²) in [5, 5.41) is 0. The number of para-hydroxylation sites is 2. The van der Waals surface area contributed by atoms with Crippen LogP contribution in [-0.2, 0) is 6.54 Å². The predicted octanol–water partition coefficient (Wildman–Crippen LogP) is 3.23. The SMILES string of the molecule is COc1cccc(Cn2cnc3ccccc32)c1F. The first-order valence-corrected chi connectivity index (χ1v) is 6.01. The zero-order valence-electron chi connectivity index (χ0n) is 10.5. The number of halogens is 1. The van der Waals surface area contributed by atoms with E-state index in [0.717, 1.165) is 11.0 Å². The van der Waals surface area contributed by atoms with E-state index < -0.39 is 0 Å². The number of hydrogen-bond acceptors (Lipinski definition) is 2. The predicted molar refractivity (Wildman–Crippen MR) is 71.8 cm³/mol. The summed E-state index contributed by atoms with van der Waals surface area (Å²) in [5.74, 6) is -0.0512. The number of benzene rings is 2. The lowest BCUT2D eigenvalue weighted by Crippen LogP contribution is -2.02. The number of rotatable bonds is 3. The van der Waals surface area contributed by atoms with E-state index in [-0.39, 0.29) is 11.6 Å². The van der Waals surface area contributed by atoms with Crippen molar-refractivity contribution in [1.29, 1.82) is 0 Å². The Balaban J connectivity index is 2.02. The van der Waals surface area contributed by atoms with E-state index in [1.54, 1.807) is 24.5 Å². The number of ether oxygens (including phenoxy) is 1. The summed E-state index contributed by atoms with van der Waals surface area (Å²) in [7, 11) is 1.47. The summed E-state index contributed by atoms with van der Waals surface area (Å²) in [4.78, 5) is 4.30. The largest absolute Gasteiger partial charge is 0.494 e. The zero-order chi connectivity index (χ0) is 13.2. The van der Waals surface area contributed by atoms with Crippen LogP contribution in [0.25, 0.3) is 11.0 Å². The molecular weight excluding hydrogens is 243 g/mol. The van der Waals surface area contributed by atoms with Gasteiger partial charge in [-0.15, -0.1) is 0 Å². The molecule has 0 bridgehead atoms. The normalized spacial score (nSPS) is 10.8. The van der Waals surface area contributed by atoms with Crippen molar-refractivity contribution in [3.05, 3.63) is 60.2 Å². The molecule has 2 aromatic carbocycles. The molecule has 3 nitrogen and oxygen atoms in total. The fourth-order valence-electron chi connectivity index (χ4n) is 2.16. The van der Waals surface area contributed by atoms with Crippen LogP contribution in [-0.4, -0.2) is 16.7 Å². The highest BCUT2D eigenvalue weighted by atomic mass is 19.1. The number of nitrogens with zero attached hydrogens (tertiary/aromatic N) is 2. The van der Waals surface area contributed by atoms with Crippen molar-refractivity contribution < 1.29 is 9.13 Å². The van der Waals surface area contributed by atoms with Crippen LogP contribution in [0.15, 0.2) is 48.8 Å². The molecule has 0 unspecified atom stereocenters. The summed E-state index contributed by atoms with van der Waals surface area (Å²) < 4.78 is 21.0. The number of imidazole rings is 1. The lowest BCUT2D eigenvalue weighted by Gasteiger charge is -2.08. The summed E-state index contributed by atoms with van der Waals surface area (Å²) in [5.41, 5.74) is 2.48. The van der Waals surface area contributed by atoms with Crippen molar-refractivity contribution in [3.8, 4) is 5.75 Å². The molecule has 0 atom stereocenters. The van der Waals surface area contributed by atoms with E-state index >= 15 is 0 Å². The van der Waals surface area contributed by atoms with Crippen molar-refractivity contribution in [2.24, 2.45) is 0 Å². The third kappa shape index (κ3) is 2.05. The maximum Gasteiger partial charge on any atom is 0.170 e. The van der Waals surface area contributed by atoms with Crippen LogP contribution in [0.3, 0.4) is 0 Å². The molecule has 19 heavy (non-hydrogen) atoms. The second kappa shape index (κ2) is 4.72. The highest BCUT2D eigenvalue weighted by Gasteiger charge is 2.10. The molecule has 0 radical (unpaired) electrons. The van der Waals surface area contributed by atoms with Gasteiger partial charge in [-0.05, 0) is 18.2 Å². The van der Waals surface area contributed by atoms with Gasteiger partial charge in [0.1, 0.15) is 0 Å². The Hall–Kier alpha value is -2.36. The van der Waals surface area contributed by atoms with Gasteiger partial charge in [-0.25, -0.2) is 9.37 Å². The number of aromatic nitrogens is 2. The van der Waals surface area contributed by atoms with Gasteiger partial charge in [0.05, 0.1) is 31.0 Å². The molecule has 1 heterocycles. The fourth-order valence-corrected chi connectivity index (χ4v) is 2.16. The maximum absolute atomic E-state index is 14.1. The van der Waals surface area contributed by atoms with Gasteiger partial charge in [-0.1, -0.05) is 24.3 Å².